The first-order chi connectivity index (χ1) is 18.8. The van der Waals surface area contributed by atoms with E-state index >= 15 is 0 Å². The first-order valence-electron chi connectivity index (χ1n) is 12.2. The molecule has 0 saturated heterocycles. The first kappa shape index (κ1) is 25.7. The van der Waals surface area contributed by atoms with Gasteiger partial charge in [-0.1, -0.05) is 30.4 Å². The van der Waals surface area contributed by atoms with Gasteiger partial charge in [-0.3, -0.25) is 19.0 Å². The second-order valence-electron chi connectivity index (χ2n) is 9.12. The molecule has 0 aliphatic carbocycles. The summed E-state index contributed by atoms with van der Waals surface area (Å²) in [5.41, 5.74) is 3.47. The number of amides is 1. The Kier molecular flexibility index (Phi) is 7.09. The van der Waals surface area contributed by atoms with Gasteiger partial charge in [0.05, 0.1) is 18.4 Å². The van der Waals surface area contributed by atoms with Crippen molar-refractivity contribution in [3.63, 3.8) is 0 Å². The lowest BCUT2D eigenvalue weighted by molar-refractivity contribution is -0.110. The first-order valence-corrected chi connectivity index (χ1v) is 12.2. The Hall–Kier alpha value is -4.99. The van der Waals surface area contributed by atoms with Gasteiger partial charge >= 0.3 is 0 Å². The number of carbonyl (C=O) groups excluding carboxylic acids is 2. The second-order valence-corrected chi connectivity index (χ2v) is 9.12. The van der Waals surface area contributed by atoms with Gasteiger partial charge in [0.1, 0.15) is 11.4 Å². The predicted octanol–water partition coefficient (Wildman–Crippen LogP) is 4.77. The van der Waals surface area contributed by atoms with E-state index in [4.69, 9.17) is 0 Å². The van der Waals surface area contributed by atoms with Crippen LogP contribution in [0.15, 0.2) is 66.0 Å². The smallest absolute Gasteiger partial charge is 0.264 e. The topological polar surface area (TPSA) is 110 Å². The fourth-order valence-corrected chi connectivity index (χ4v) is 4.26. The van der Waals surface area contributed by atoms with Crippen molar-refractivity contribution >= 4 is 35.1 Å². The zero-order valence-corrected chi connectivity index (χ0v) is 20.9. The fourth-order valence-electron chi connectivity index (χ4n) is 4.26. The summed E-state index contributed by atoms with van der Waals surface area (Å²) < 4.78 is 27.9. The number of H-pyrrole nitrogens is 1. The number of anilines is 1. The number of nitrogens with zero attached hydrogens (tertiary/aromatic N) is 3. The summed E-state index contributed by atoms with van der Waals surface area (Å²) in [4.78, 5) is 49.2. The molecule has 1 aliphatic heterocycles. The quantitative estimate of drug-likeness (QED) is 0.253. The molecule has 196 valence electrons. The van der Waals surface area contributed by atoms with Crippen molar-refractivity contribution in [2.45, 2.75) is 26.3 Å². The number of carbonyl (C=O) groups is 2. The molecule has 0 radical (unpaired) electrons. The highest BCUT2D eigenvalue weighted by molar-refractivity contribution is 6.34. The molecule has 8 nitrogen and oxygen atoms in total. The lowest BCUT2D eigenvalue weighted by Crippen LogP contribution is -2.27. The van der Waals surface area contributed by atoms with Crippen molar-refractivity contribution in [2.75, 3.05) is 5.32 Å². The van der Waals surface area contributed by atoms with Crippen molar-refractivity contribution in [3.05, 3.63) is 117 Å². The van der Waals surface area contributed by atoms with Crippen LogP contribution in [0, 0.1) is 18.6 Å². The van der Waals surface area contributed by atoms with E-state index in [-0.39, 0.29) is 30.2 Å². The number of aryl methyl sites for hydroxylation is 1. The highest BCUT2D eigenvalue weighted by Gasteiger charge is 2.24. The molecular weight excluding hydrogens is 504 g/mol. The molecule has 2 aromatic carbocycles. The van der Waals surface area contributed by atoms with Crippen molar-refractivity contribution in [3.8, 4) is 0 Å². The number of hydrogen-bond donors (Lipinski definition) is 2. The third kappa shape index (κ3) is 5.64. The summed E-state index contributed by atoms with van der Waals surface area (Å²) >= 11 is 0. The van der Waals surface area contributed by atoms with Gasteiger partial charge in [-0.15, -0.1) is 0 Å². The molecule has 0 unspecified atom stereocenters. The molecule has 4 aromatic rings. The maximum atomic E-state index is 13.5. The van der Waals surface area contributed by atoms with E-state index in [1.165, 1.54) is 23.2 Å². The van der Waals surface area contributed by atoms with Crippen LogP contribution in [0.4, 0.5) is 14.5 Å². The normalized spacial score (nSPS) is 13.7. The van der Waals surface area contributed by atoms with E-state index in [2.05, 4.69) is 20.3 Å². The van der Waals surface area contributed by atoms with Crippen molar-refractivity contribution in [2.24, 2.45) is 0 Å². The van der Waals surface area contributed by atoms with Crippen molar-refractivity contribution in [1.82, 2.24) is 19.5 Å². The summed E-state index contributed by atoms with van der Waals surface area (Å²) in [6, 6.07) is 8.92. The van der Waals surface area contributed by atoms with Crippen LogP contribution in [0.1, 0.15) is 51.4 Å². The summed E-state index contributed by atoms with van der Waals surface area (Å²) in [6.07, 6.45) is 9.98. The van der Waals surface area contributed by atoms with Gasteiger partial charge in [0.2, 0.25) is 0 Å². The van der Waals surface area contributed by atoms with Crippen LogP contribution >= 0.6 is 0 Å². The van der Waals surface area contributed by atoms with E-state index in [0.29, 0.717) is 29.1 Å². The number of halogens is 2. The molecule has 5 rings (SSSR count). The van der Waals surface area contributed by atoms with Gasteiger partial charge in [-0.05, 0) is 48.7 Å². The number of aromatic nitrogens is 4. The number of hydrogen-bond acceptors (Lipinski definition) is 5. The van der Waals surface area contributed by atoms with Crippen LogP contribution in [0.2, 0.25) is 0 Å². The number of allylic oxidation sites excluding steroid dienone is 1. The number of ketones is 1. The van der Waals surface area contributed by atoms with Crippen LogP contribution in [0.5, 0.6) is 0 Å². The Balaban J connectivity index is 1.22. The van der Waals surface area contributed by atoms with Crippen molar-refractivity contribution in [1.29, 1.82) is 0 Å². The van der Waals surface area contributed by atoms with Crippen LogP contribution in [-0.4, -0.2) is 31.2 Å². The van der Waals surface area contributed by atoms with E-state index < -0.39 is 17.2 Å². The number of nitrogens with one attached hydrogen (secondary N) is 2. The third-order valence-corrected chi connectivity index (χ3v) is 6.22. The SMILES string of the molecule is Cc1cnc(/C=C2\C(=O)Nc3cc(/C=C/CCC(=O)c4cncn(Cc5ccc(F)c(F)c5)c4=O)ccc32)[nH]1. The van der Waals surface area contributed by atoms with E-state index in [1.54, 1.807) is 12.3 Å². The van der Waals surface area contributed by atoms with E-state index in [1.807, 2.05) is 37.3 Å². The largest absolute Gasteiger partial charge is 0.343 e. The highest BCUT2D eigenvalue weighted by Crippen LogP contribution is 2.33. The van der Waals surface area contributed by atoms with Crippen LogP contribution < -0.4 is 10.9 Å². The van der Waals surface area contributed by atoms with E-state index in [0.717, 1.165) is 29.0 Å². The third-order valence-electron chi connectivity index (χ3n) is 6.22. The number of benzene rings is 2. The Labute approximate surface area is 221 Å². The maximum Gasteiger partial charge on any atom is 0.264 e. The standard InChI is InChI=1S/C29H23F2N5O3/c1-17-13-33-27(34-17)12-21-20-8-6-18(11-25(20)35-28(21)38)4-2-3-5-26(37)22-14-32-16-36(29(22)39)15-19-7-9-23(30)24(31)10-19/h2,4,6-14,16H,3,5,15H2,1H3,(H,33,34)(H,35,38)/b4-2+,21-12-. The molecule has 0 spiro atoms. The van der Waals surface area contributed by atoms with Gasteiger partial charge in [-0.2, -0.15) is 0 Å². The van der Waals surface area contributed by atoms with Gasteiger partial charge < -0.3 is 10.3 Å². The summed E-state index contributed by atoms with van der Waals surface area (Å²) in [6.45, 7) is 1.84. The zero-order valence-electron chi connectivity index (χ0n) is 20.9. The average molecular weight is 528 g/mol. The van der Waals surface area contributed by atoms with Crippen LogP contribution in [0.3, 0.4) is 0 Å². The molecule has 1 amide bonds. The zero-order chi connectivity index (χ0) is 27.5. The minimum absolute atomic E-state index is 0.0447. The lowest BCUT2D eigenvalue weighted by atomic mass is 10.0. The van der Waals surface area contributed by atoms with Gasteiger partial charge in [0.25, 0.3) is 11.5 Å². The fraction of sp³-hybridized carbons (Fsp3) is 0.138. The van der Waals surface area contributed by atoms with Gasteiger partial charge in [0.15, 0.2) is 17.4 Å². The van der Waals surface area contributed by atoms with Gasteiger partial charge in [0, 0.05) is 35.8 Å². The second kappa shape index (κ2) is 10.8. The van der Waals surface area contributed by atoms with Crippen LogP contribution in [0.25, 0.3) is 17.7 Å². The number of aromatic amines is 1. The van der Waals surface area contributed by atoms with Crippen molar-refractivity contribution < 1.29 is 18.4 Å². The number of imidazole rings is 1. The molecule has 0 fully saturated rings. The minimum atomic E-state index is -1.01. The summed E-state index contributed by atoms with van der Waals surface area (Å²) in [5, 5.41) is 2.86. The Morgan fingerprint density at radius 2 is 1.92 bits per heavy atom. The molecule has 2 N–H and O–H groups in total. The average Bonchev–Trinajstić information content (AvgIpc) is 3.46. The molecule has 3 heterocycles. The molecule has 0 atom stereocenters. The lowest BCUT2D eigenvalue weighted by Gasteiger charge is -2.07. The number of rotatable bonds is 8. The van der Waals surface area contributed by atoms with Gasteiger partial charge in [-0.25, -0.2) is 18.7 Å². The monoisotopic (exact) mass is 527 g/mol. The molecule has 10 heteroatoms. The molecule has 2 aromatic heterocycles. The molecule has 39 heavy (non-hydrogen) atoms. The predicted molar refractivity (Wildman–Crippen MR) is 143 cm³/mol. The number of fused-ring (bicyclic) bond motifs is 1. The Morgan fingerprint density at radius 1 is 1.08 bits per heavy atom. The summed E-state index contributed by atoms with van der Waals surface area (Å²) in [5.74, 6) is -1.98. The molecule has 0 bridgehead atoms. The Morgan fingerprint density at radius 3 is 2.69 bits per heavy atom. The molecule has 0 saturated carbocycles. The van der Waals surface area contributed by atoms with E-state index in [9.17, 15) is 23.2 Å². The maximum absolute atomic E-state index is 13.5. The number of Topliss-reactive ketones (excluding diaryl/α,β-unsaturated/α-hetero) is 1. The van der Waals surface area contributed by atoms with Crippen LogP contribution in [-0.2, 0) is 11.3 Å². The molecule has 1 aliphatic rings. The highest BCUT2D eigenvalue weighted by atomic mass is 19.2. The Bertz CT molecular complexity index is 1720. The molecular formula is C29H23F2N5O3. The summed E-state index contributed by atoms with van der Waals surface area (Å²) in [7, 11) is 0. The minimum Gasteiger partial charge on any atom is -0.343 e.